The lowest BCUT2D eigenvalue weighted by Gasteiger charge is -2.09. The van der Waals surface area contributed by atoms with Crippen molar-refractivity contribution in [3.8, 4) is 17.1 Å². The number of benzene rings is 2. The van der Waals surface area contributed by atoms with E-state index in [0.29, 0.717) is 18.3 Å². The largest absolute Gasteiger partial charge is 0.489 e. The Bertz CT molecular complexity index is 773. The number of nitrogens with zero attached hydrogens (tertiary/aromatic N) is 2. The van der Waals surface area contributed by atoms with Crippen LogP contribution in [0.4, 0.5) is 0 Å². The van der Waals surface area contributed by atoms with E-state index >= 15 is 0 Å². The summed E-state index contributed by atoms with van der Waals surface area (Å²) in [7, 11) is 0. The first-order valence-corrected chi connectivity index (χ1v) is 8.00. The van der Waals surface area contributed by atoms with E-state index in [-0.39, 0.29) is 24.4 Å². The molecule has 0 amide bonds. The number of halogens is 1. The molecular formula is C19H22ClN3O2. The van der Waals surface area contributed by atoms with Crippen LogP contribution in [-0.2, 0) is 6.61 Å². The lowest BCUT2D eigenvalue weighted by Crippen LogP contribution is -2.22. The minimum absolute atomic E-state index is 0. The molecule has 1 heterocycles. The van der Waals surface area contributed by atoms with Crippen LogP contribution in [0.15, 0.2) is 59.1 Å². The first-order chi connectivity index (χ1) is 11.6. The zero-order valence-electron chi connectivity index (χ0n) is 14.3. The van der Waals surface area contributed by atoms with E-state index in [1.807, 2.05) is 68.4 Å². The predicted octanol–water partition coefficient (Wildman–Crippen LogP) is 4.19. The van der Waals surface area contributed by atoms with Gasteiger partial charge in [-0.15, -0.1) is 12.4 Å². The Morgan fingerprint density at radius 1 is 1.04 bits per heavy atom. The average Bonchev–Trinajstić information content (AvgIpc) is 3.10. The Morgan fingerprint density at radius 3 is 2.36 bits per heavy atom. The molecule has 6 heteroatoms. The zero-order chi connectivity index (χ0) is 16.9. The molecule has 1 aromatic heterocycles. The van der Waals surface area contributed by atoms with E-state index in [2.05, 4.69) is 10.1 Å². The van der Waals surface area contributed by atoms with Crippen LogP contribution in [-0.4, -0.2) is 16.2 Å². The lowest BCUT2D eigenvalue weighted by atomic mass is 10.1. The van der Waals surface area contributed by atoms with Gasteiger partial charge in [0.1, 0.15) is 12.4 Å². The molecule has 0 bridgehead atoms. The van der Waals surface area contributed by atoms with E-state index in [9.17, 15) is 0 Å². The summed E-state index contributed by atoms with van der Waals surface area (Å²) in [6.07, 6.45) is 0. The fourth-order valence-electron chi connectivity index (χ4n) is 2.20. The molecule has 0 radical (unpaired) electrons. The Hall–Kier alpha value is -2.37. The van der Waals surface area contributed by atoms with Crippen molar-refractivity contribution in [3.05, 3.63) is 66.1 Å². The molecular weight excluding hydrogens is 338 g/mol. The normalized spacial score (nSPS) is 12.9. The molecule has 132 valence electrons. The lowest BCUT2D eigenvalue weighted by molar-refractivity contribution is 0.306. The van der Waals surface area contributed by atoms with Crippen molar-refractivity contribution in [1.82, 2.24) is 10.1 Å². The van der Waals surface area contributed by atoms with Gasteiger partial charge in [0, 0.05) is 11.6 Å². The summed E-state index contributed by atoms with van der Waals surface area (Å²) in [6.45, 7) is 4.42. The molecule has 2 N–H and O–H groups in total. The SMILES string of the molecule is CC(N)C(C)c1nc(-c2ccc(COc3ccccc3)cc2)no1.Cl. The van der Waals surface area contributed by atoms with Gasteiger partial charge in [-0.2, -0.15) is 4.98 Å². The minimum atomic E-state index is -0.0317. The second-order valence-corrected chi connectivity index (χ2v) is 5.90. The quantitative estimate of drug-likeness (QED) is 0.714. The van der Waals surface area contributed by atoms with E-state index in [1.165, 1.54) is 0 Å². The number of ether oxygens (including phenoxy) is 1. The summed E-state index contributed by atoms with van der Waals surface area (Å²) in [4.78, 5) is 4.44. The maximum atomic E-state index is 5.88. The zero-order valence-corrected chi connectivity index (χ0v) is 15.1. The number of para-hydroxylation sites is 1. The van der Waals surface area contributed by atoms with E-state index in [1.54, 1.807) is 0 Å². The van der Waals surface area contributed by atoms with Gasteiger partial charge >= 0.3 is 0 Å². The average molecular weight is 360 g/mol. The highest BCUT2D eigenvalue weighted by molar-refractivity contribution is 5.85. The molecule has 0 saturated carbocycles. The fourth-order valence-corrected chi connectivity index (χ4v) is 2.20. The van der Waals surface area contributed by atoms with Crippen LogP contribution in [0.1, 0.15) is 31.2 Å². The summed E-state index contributed by atoms with van der Waals surface area (Å²) >= 11 is 0. The molecule has 5 nitrogen and oxygen atoms in total. The topological polar surface area (TPSA) is 74.2 Å². The molecule has 25 heavy (non-hydrogen) atoms. The number of rotatable bonds is 6. The first-order valence-electron chi connectivity index (χ1n) is 8.00. The van der Waals surface area contributed by atoms with Gasteiger partial charge in [0.05, 0.1) is 5.92 Å². The molecule has 2 unspecified atom stereocenters. The van der Waals surface area contributed by atoms with Crippen LogP contribution >= 0.6 is 12.4 Å². The number of nitrogens with two attached hydrogens (primary N) is 1. The maximum absolute atomic E-state index is 5.88. The second kappa shape index (κ2) is 8.65. The molecule has 0 aliphatic carbocycles. The first kappa shape index (κ1) is 19.0. The highest BCUT2D eigenvalue weighted by atomic mass is 35.5. The molecule has 0 saturated heterocycles. The summed E-state index contributed by atoms with van der Waals surface area (Å²) < 4.78 is 11.0. The molecule has 0 aliphatic heterocycles. The van der Waals surface area contributed by atoms with Gasteiger partial charge in [0.15, 0.2) is 0 Å². The van der Waals surface area contributed by atoms with E-state index in [0.717, 1.165) is 16.9 Å². The number of aromatic nitrogens is 2. The third-order valence-corrected chi connectivity index (χ3v) is 3.98. The van der Waals surface area contributed by atoms with Gasteiger partial charge in [0.25, 0.3) is 0 Å². The minimum Gasteiger partial charge on any atom is -0.489 e. The van der Waals surface area contributed by atoms with Crippen LogP contribution in [0, 0.1) is 0 Å². The Morgan fingerprint density at radius 2 is 1.72 bits per heavy atom. The van der Waals surface area contributed by atoms with Crippen molar-refractivity contribution < 1.29 is 9.26 Å². The van der Waals surface area contributed by atoms with Crippen LogP contribution in [0.2, 0.25) is 0 Å². The standard InChI is InChI=1S/C19H21N3O2.ClH/c1-13(14(2)20)19-21-18(22-24-19)16-10-8-15(9-11-16)12-23-17-6-4-3-5-7-17;/h3-11,13-14H,12,20H2,1-2H3;1H. The monoisotopic (exact) mass is 359 g/mol. The molecule has 2 atom stereocenters. The third kappa shape index (κ3) is 4.81. The van der Waals surface area contributed by atoms with E-state index < -0.39 is 0 Å². The van der Waals surface area contributed by atoms with Crippen LogP contribution in [0.5, 0.6) is 5.75 Å². The van der Waals surface area contributed by atoms with Crippen LogP contribution < -0.4 is 10.5 Å². The van der Waals surface area contributed by atoms with Crippen molar-refractivity contribution in [3.63, 3.8) is 0 Å². The molecule has 0 fully saturated rings. The third-order valence-electron chi connectivity index (χ3n) is 3.98. The Kier molecular flexibility index (Phi) is 6.56. The smallest absolute Gasteiger partial charge is 0.231 e. The fraction of sp³-hybridized carbons (Fsp3) is 0.263. The molecule has 3 rings (SSSR count). The summed E-state index contributed by atoms with van der Waals surface area (Å²) in [5.74, 6) is 2.03. The van der Waals surface area contributed by atoms with Gasteiger partial charge < -0.3 is 15.0 Å². The van der Waals surface area contributed by atoms with Crippen molar-refractivity contribution >= 4 is 12.4 Å². The van der Waals surface area contributed by atoms with Crippen LogP contribution in [0.25, 0.3) is 11.4 Å². The summed E-state index contributed by atoms with van der Waals surface area (Å²) in [5.41, 5.74) is 7.86. The van der Waals surface area contributed by atoms with Crippen molar-refractivity contribution in [2.24, 2.45) is 5.73 Å². The van der Waals surface area contributed by atoms with Gasteiger partial charge in [0.2, 0.25) is 11.7 Å². The molecule has 0 aliphatic rings. The van der Waals surface area contributed by atoms with Crippen molar-refractivity contribution in [1.29, 1.82) is 0 Å². The summed E-state index contributed by atoms with van der Waals surface area (Å²) in [5, 5.41) is 4.04. The van der Waals surface area contributed by atoms with Gasteiger partial charge in [-0.1, -0.05) is 54.5 Å². The molecule has 2 aromatic carbocycles. The van der Waals surface area contributed by atoms with Gasteiger partial charge in [-0.05, 0) is 24.6 Å². The highest BCUT2D eigenvalue weighted by Gasteiger charge is 2.18. The molecule has 3 aromatic rings. The number of hydrogen-bond donors (Lipinski definition) is 1. The number of hydrogen-bond acceptors (Lipinski definition) is 5. The Balaban J connectivity index is 0.00000225. The van der Waals surface area contributed by atoms with Crippen LogP contribution in [0.3, 0.4) is 0 Å². The van der Waals surface area contributed by atoms with Crippen molar-refractivity contribution in [2.75, 3.05) is 0 Å². The second-order valence-electron chi connectivity index (χ2n) is 5.90. The predicted molar refractivity (Wildman–Crippen MR) is 99.8 cm³/mol. The Labute approximate surface area is 153 Å². The van der Waals surface area contributed by atoms with Crippen molar-refractivity contribution in [2.45, 2.75) is 32.4 Å². The maximum Gasteiger partial charge on any atom is 0.231 e. The van der Waals surface area contributed by atoms with E-state index in [4.69, 9.17) is 15.0 Å². The molecule has 0 spiro atoms. The van der Waals surface area contributed by atoms with Gasteiger partial charge in [-0.3, -0.25) is 0 Å². The van der Waals surface area contributed by atoms with Gasteiger partial charge in [-0.25, -0.2) is 0 Å². The summed E-state index contributed by atoms with van der Waals surface area (Å²) in [6, 6.07) is 17.7. The highest BCUT2D eigenvalue weighted by Crippen LogP contribution is 2.22.